The topological polar surface area (TPSA) is 25.8 Å². The second kappa shape index (κ2) is 3.96. The molecule has 2 nitrogen and oxygen atoms in total. The van der Waals surface area contributed by atoms with Crippen molar-refractivity contribution in [2.45, 2.75) is 0 Å². The fourth-order valence-electron chi connectivity index (χ4n) is 1.73. The molecule has 0 amide bonds. The Bertz CT molecular complexity index is 643. The molecule has 3 aromatic rings. The third-order valence-corrected chi connectivity index (χ3v) is 3.76. The van der Waals surface area contributed by atoms with Crippen LogP contribution < -0.4 is 0 Å². The molecule has 78 valence electrons. The third-order valence-electron chi connectivity index (χ3n) is 2.42. The van der Waals surface area contributed by atoms with Gasteiger partial charge in [-0.15, -0.1) is 0 Å². The lowest BCUT2D eigenvalue weighted by Gasteiger charge is -2.02. The lowest BCUT2D eigenvalue weighted by molar-refractivity contribution is 1.26. The Balaban J connectivity index is 2.31. The molecule has 0 radical (unpaired) electrons. The van der Waals surface area contributed by atoms with E-state index < -0.39 is 0 Å². The van der Waals surface area contributed by atoms with Gasteiger partial charge < -0.3 is 0 Å². The van der Waals surface area contributed by atoms with Crippen LogP contribution >= 0.6 is 27.5 Å². The number of aromatic nitrogens is 2. The van der Waals surface area contributed by atoms with E-state index in [2.05, 4.69) is 49.6 Å². The van der Waals surface area contributed by atoms with E-state index in [4.69, 9.17) is 0 Å². The first kappa shape index (κ1) is 9.93. The molecule has 3 rings (SSSR count). The zero-order valence-corrected chi connectivity index (χ0v) is 10.6. The maximum Gasteiger partial charge on any atom is 0.209 e. The van der Waals surface area contributed by atoms with E-state index >= 15 is 0 Å². The average molecular weight is 291 g/mol. The van der Waals surface area contributed by atoms with Crippen LogP contribution in [0.5, 0.6) is 0 Å². The highest BCUT2D eigenvalue weighted by molar-refractivity contribution is 9.10. The SMILES string of the molecule is Brc1nsc(-c2cccc3ccccc23)n1. The van der Waals surface area contributed by atoms with Crippen molar-refractivity contribution in [3.05, 3.63) is 47.2 Å². The van der Waals surface area contributed by atoms with Gasteiger partial charge in [-0.3, -0.25) is 0 Å². The summed E-state index contributed by atoms with van der Waals surface area (Å²) in [4.78, 5) is 4.36. The van der Waals surface area contributed by atoms with Crippen LogP contribution in [0.4, 0.5) is 0 Å². The number of nitrogens with zero attached hydrogens (tertiary/aromatic N) is 2. The highest BCUT2D eigenvalue weighted by Crippen LogP contribution is 2.30. The van der Waals surface area contributed by atoms with Crippen molar-refractivity contribution in [2.75, 3.05) is 0 Å². The summed E-state index contributed by atoms with van der Waals surface area (Å²) >= 11 is 4.69. The zero-order chi connectivity index (χ0) is 11.0. The summed E-state index contributed by atoms with van der Waals surface area (Å²) in [6, 6.07) is 14.5. The Morgan fingerprint density at radius 3 is 2.62 bits per heavy atom. The van der Waals surface area contributed by atoms with E-state index in [1.807, 2.05) is 18.2 Å². The zero-order valence-electron chi connectivity index (χ0n) is 8.22. The summed E-state index contributed by atoms with van der Waals surface area (Å²) in [6.07, 6.45) is 0. The average Bonchev–Trinajstić information content (AvgIpc) is 2.75. The number of hydrogen-bond acceptors (Lipinski definition) is 3. The van der Waals surface area contributed by atoms with Gasteiger partial charge in [0.05, 0.1) is 0 Å². The minimum atomic E-state index is 0.653. The Hall–Kier alpha value is -1.26. The van der Waals surface area contributed by atoms with Crippen molar-refractivity contribution in [2.24, 2.45) is 0 Å². The molecule has 0 N–H and O–H groups in total. The largest absolute Gasteiger partial charge is 0.209 e. The van der Waals surface area contributed by atoms with Gasteiger partial charge in [-0.2, -0.15) is 4.37 Å². The molecule has 1 aromatic heterocycles. The van der Waals surface area contributed by atoms with Crippen LogP contribution in [0.1, 0.15) is 0 Å². The van der Waals surface area contributed by atoms with E-state index in [1.165, 1.54) is 22.3 Å². The number of halogens is 1. The Morgan fingerprint density at radius 2 is 1.81 bits per heavy atom. The standard InChI is InChI=1S/C12H7BrN2S/c13-12-14-11(16-15-12)10-7-3-5-8-4-1-2-6-9(8)10/h1-7H. The summed E-state index contributed by atoms with van der Waals surface area (Å²) in [5.74, 6) is 0. The van der Waals surface area contributed by atoms with Crippen LogP contribution in [0.2, 0.25) is 0 Å². The van der Waals surface area contributed by atoms with Crippen molar-refractivity contribution in [3.63, 3.8) is 0 Å². The Kier molecular flexibility index (Phi) is 2.46. The maximum atomic E-state index is 4.36. The Morgan fingerprint density at radius 1 is 1.00 bits per heavy atom. The molecule has 0 aliphatic carbocycles. The second-order valence-electron chi connectivity index (χ2n) is 3.40. The molecule has 0 spiro atoms. The summed E-state index contributed by atoms with van der Waals surface area (Å²) in [5.41, 5.74) is 1.14. The van der Waals surface area contributed by atoms with Gasteiger partial charge in [0.15, 0.2) is 0 Å². The minimum absolute atomic E-state index is 0.653. The molecule has 0 atom stereocenters. The van der Waals surface area contributed by atoms with Crippen molar-refractivity contribution >= 4 is 38.2 Å². The van der Waals surface area contributed by atoms with Crippen LogP contribution in [-0.2, 0) is 0 Å². The van der Waals surface area contributed by atoms with E-state index in [-0.39, 0.29) is 0 Å². The smallest absolute Gasteiger partial charge is 0.209 e. The van der Waals surface area contributed by atoms with Gasteiger partial charge in [0, 0.05) is 5.56 Å². The fraction of sp³-hybridized carbons (Fsp3) is 0. The van der Waals surface area contributed by atoms with E-state index in [1.54, 1.807) is 0 Å². The molecule has 0 saturated heterocycles. The van der Waals surface area contributed by atoms with Crippen molar-refractivity contribution in [1.29, 1.82) is 0 Å². The summed E-state index contributed by atoms with van der Waals surface area (Å²) in [6.45, 7) is 0. The van der Waals surface area contributed by atoms with Gasteiger partial charge in [-0.25, -0.2) is 4.98 Å². The highest BCUT2D eigenvalue weighted by Gasteiger charge is 2.07. The first-order valence-electron chi connectivity index (χ1n) is 4.82. The number of fused-ring (bicyclic) bond motifs is 1. The third kappa shape index (κ3) is 1.64. The molecular formula is C12H7BrN2S. The quantitative estimate of drug-likeness (QED) is 0.674. The molecule has 2 aromatic carbocycles. The van der Waals surface area contributed by atoms with Crippen molar-refractivity contribution in [1.82, 2.24) is 9.36 Å². The molecule has 0 fully saturated rings. The fourth-order valence-corrected chi connectivity index (χ4v) is 2.84. The first-order valence-corrected chi connectivity index (χ1v) is 6.38. The van der Waals surface area contributed by atoms with E-state index in [9.17, 15) is 0 Å². The maximum absolute atomic E-state index is 4.36. The first-order chi connectivity index (χ1) is 7.84. The predicted molar refractivity (Wildman–Crippen MR) is 70.6 cm³/mol. The van der Waals surface area contributed by atoms with Crippen molar-refractivity contribution in [3.8, 4) is 10.6 Å². The summed E-state index contributed by atoms with van der Waals surface area (Å²) in [5, 5.41) is 3.39. The molecular weight excluding hydrogens is 284 g/mol. The lowest BCUT2D eigenvalue weighted by Crippen LogP contribution is -1.79. The van der Waals surface area contributed by atoms with Gasteiger partial charge >= 0.3 is 0 Å². The van der Waals surface area contributed by atoms with Crippen LogP contribution in [-0.4, -0.2) is 9.36 Å². The second-order valence-corrected chi connectivity index (χ2v) is 4.86. The molecule has 4 heteroatoms. The van der Waals surface area contributed by atoms with Gasteiger partial charge in [0.1, 0.15) is 5.01 Å². The van der Waals surface area contributed by atoms with Crippen LogP contribution in [0.25, 0.3) is 21.3 Å². The number of benzene rings is 2. The van der Waals surface area contributed by atoms with Crippen molar-refractivity contribution < 1.29 is 0 Å². The van der Waals surface area contributed by atoms with Crippen LogP contribution in [0.3, 0.4) is 0 Å². The van der Waals surface area contributed by atoms with Crippen LogP contribution in [0, 0.1) is 0 Å². The number of hydrogen-bond donors (Lipinski definition) is 0. The van der Waals surface area contributed by atoms with E-state index in [0.29, 0.717) is 4.73 Å². The highest BCUT2D eigenvalue weighted by atomic mass is 79.9. The molecule has 0 aliphatic heterocycles. The van der Waals surface area contributed by atoms with Gasteiger partial charge in [-0.1, -0.05) is 42.5 Å². The molecule has 0 unspecified atom stereocenters. The normalized spacial score (nSPS) is 10.8. The summed E-state index contributed by atoms with van der Waals surface area (Å²) < 4.78 is 4.80. The predicted octanol–water partition coefficient (Wildman–Crippen LogP) is 4.12. The van der Waals surface area contributed by atoms with Crippen LogP contribution in [0.15, 0.2) is 47.2 Å². The Labute approximate surface area is 105 Å². The molecule has 0 bridgehead atoms. The van der Waals surface area contributed by atoms with Gasteiger partial charge in [-0.05, 0) is 38.2 Å². The van der Waals surface area contributed by atoms with E-state index in [0.717, 1.165) is 10.6 Å². The molecule has 0 aliphatic rings. The molecule has 1 heterocycles. The lowest BCUT2D eigenvalue weighted by atomic mass is 10.1. The summed E-state index contributed by atoms with van der Waals surface area (Å²) in [7, 11) is 0. The minimum Gasteiger partial charge on any atom is -0.209 e. The monoisotopic (exact) mass is 290 g/mol. The molecule has 0 saturated carbocycles. The van der Waals surface area contributed by atoms with Gasteiger partial charge in [0.2, 0.25) is 4.73 Å². The van der Waals surface area contributed by atoms with Gasteiger partial charge in [0.25, 0.3) is 0 Å². The molecule has 16 heavy (non-hydrogen) atoms. The number of rotatable bonds is 1.